The van der Waals surface area contributed by atoms with Crippen molar-refractivity contribution in [3.8, 4) is 11.4 Å². The monoisotopic (exact) mass is 311 g/mol. The van der Waals surface area contributed by atoms with E-state index in [4.69, 9.17) is 4.74 Å². The van der Waals surface area contributed by atoms with Crippen molar-refractivity contribution in [3.63, 3.8) is 0 Å². The van der Waals surface area contributed by atoms with Crippen molar-refractivity contribution in [1.82, 2.24) is 15.3 Å². The van der Waals surface area contributed by atoms with Crippen LogP contribution in [0.25, 0.3) is 11.4 Å². The summed E-state index contributed by atoms with van der Waals surface area (Å²) < 4.78 is 5.35. The predicted molar refractivity (Wildman–Crippen MR) is 88.0 cm³/mol. The number of nitrogens with one attached hydrogen (secondary N) is 1. The van der Waals surface area contributed by atoms with Gasteiger partial charge in [0.05, 0.1) is 0 Å². The molecule has 2 aromatic rings. The van der Waals surface area contributed by atoms with Crippen LogP contribution in [-0.4, -0.2) is 35.6 Å². The lowest BCUT2D eigenvalue weighted by atomic mass is 10.0. The number of benzene rings is 1. The van der Waals surface area contributed by atoms with Gasteiger partial charge < -0.3 is 10.1 Å². The predicted octanol–water partition coefficient (Wildman–Crippen LogP) is 2.69. The second-order valence-corrected chi connectivity index (χ2v) is 5.78. The molecule has 1 aromatic carbocycles. The van der Waals surface area contributed by atoms with Gasteiger partial charge in [0.25, 0.3) is 5.91 Å². The summed E-state index contributed by atoms with van der Waals surface area (Å²) >= 11 is 0. The van der Waals surface area contributed by atoms with Gasteiger partial charge in [-0.2, -0.15) is 0 Å². The Kier molecular flexibility index (Phi) is 5.32. The van der Waals surface area contributed by atoms with Gasteiger partial charge in [0.15, 0.2) is 5.82 Å². The Labute approximate surface area is 136 Å². The molecular formula is C18H21N3O2. The lowest BCUT2D eigenvalue weighted by Crippen LogP contribution is -2.24. The Morgan fingerprint density at radius 3 is 2.70 bits per heavy atom. The summed E-state index contributed by atoms with van der Waals surface area (Å²) in [5.41, 5.74) is 1.57. The fraction of sp³-hybridized carbons (Fsp3) is 0.389. The van der Waals surface area contributed by atoms with Crippen LogP contribution in [0.2, 0.25) is 0 Å². The highest BCUT2D eigenvalue weighted by Crippen LogP contribution is 2.17. The molecule has 1 aliphatic heterocycles. The maximum atomic E-state index is 12.1. The van der Waals surface area contributed by atoms with E-state index in [1.165, 1.54) is 0 Å². The van der Waals surface area contributed by atoms with Gasteiger partial charge in [-0.25, -0.2) is 9.97 Å². The van der Waals surface area contributed by atoms with E-state index in [1.807, 2.05) is 24.3 Å². The van der Waals surface area contributed by atoms with Crippen LogP contribution in [0.3, 0.4) is 0 Å². The molecule has 3 rings (SSSR count). The number of ether oxygens (including phenoxy) is 1. The average Bonchev–Trinajstić information content (AvgIpc) is 3.13. The molecule has 5 nitrogen and oxygen atoms in total. The summed E-state index contributed by atoms with van der Waals surface area (Å²) in [5, 5.41) is 2.97. The molecular weight excluding hydrogens is 290 g/mol. The smallest absolute Gasteiger partial charge is 0.251 e. The van der Waals surface area contributed by atoms with E-state index in [0.29, 0.717) is 23.9 Å². The zero-order valence-corrected chi connectivity index (χ0v) is 13.1. The fourth-order valence-corrected chi connectivity index (χ4v) is 2.72. The van der Waals surface area contributed by atoms with E-state index in [2.05, 4.69) is 15.3 Å². The van der Waals surface area contributed by atoms with Gasteiger partial charge in [-0.15, -0.1) is 0 Å². The van der Waals surface area contributed by atoms with Crippen molar-refractivity contribution >= 4 is 5.91 Å². The van der Waals surface area contributed by atoms with Crippen LogP contribution in [0.15, 0.2) is 42.7 Å². The first-order valence-corrected chi connectivity index (χ1v) is 8.06. The van der Waals surface area contributed by atoms with Gasteiger partial charge in [-0.1, -0.05) is 12.1 Å². The lowest BCUT2D eigenvalue weighted by Gasteiger charge is -2.08. The zero-order valence-electron chi connectivity index (χ0n) is 13.1. The number of hydrogen-bond acceptors (Lipinski definition) is 4. The van der Waals surface area contributed by atoms with Gasteiger partial charge in [-0.05, 0) is 43.4 Å². The Balaban J connectivity index is 1.47. The molecule has 2 heterocycles. The largest absolute Gasteiger partial charge is 0.381 e. The Bertz CT molecular complexity index is 622. The van der Waals surface area contributed by atoms with Crippen LogP contribution < -0.4 is 5.32 Å². The van der Waals surface area contributed by atoms with E-state index in [-0.39, 0.29) is 5.91 Å². The highest BCUT2D eigenvalue weighted by molar-refractivity contribution is 5.94. The minimum Gasteiger partial charge on any atom is -0.381 e. The Morgan fingerprint density at radius 2 is 2.00 bits per heavy atom. The van der Waals surface area contributed by atoms with Gasteiger partial charge in [-0.3, -0.25) is 4.79 Å². The molecule has 1 fully saturated rings. The molecule has 1 unspecified atom stereocenters. The number of carbonyl (C=O) groups excluding carboxylic acids is 1. The van der Waals surface area contributed by atoms with E-state index < -0.39 is 0 Å². The number of amides is 1. The third kappa shape index (κ3) is 4.36. The average molecular weight is 311 g/mol. The zero-order chi connectivity index (χ0) is 15.9. The van der Waals surface area contributed by atoms with Gasteiger partial charge in [0, 0.05) is 43.3 Å². The fourth-order valence-electron chi connectivity index (χ4n) is 2.72. The molecule has 1 amide bonds. The lowest BCUT2D eigenvalue weighted by molar-refractivity contribution is 0.0952. The van der Waals surface area contributed by atoms with E-state index in [0.717, 1.165) is 38.0 Å². The molecule has 0 radical (unpaired) electrons. The van der Waals surface area contributed by atoms with Crippen molar-refractivity contribution in [2.45, 2.75) is 19.3 Å². The number of nitrogens with zero attached hydrogens (tertiary/aromatic N) is 2. The van der Waals surface area contributed by atoms with Crippen LogP contribution >= 0.6 is 0 Å². The summed E-state index contributed by atoms with van der Waals surface area (Å²) in [7, 11) is 0. The molecule has 1 aliphatic rings. The third-order valence-corrected chi connectivity index (χ3v) is 4.07. The van der Waals surface area contributed by atoms with Gasteiger partial charge >= 0.3 is 0 Å². The second kappa shape index (κ2) is 7.83. The van der Waals surface area contributed by atoms with Gasteiger partial charge in [0.1, 0.15) is 0 Å². The molecule has 0 aliphatic carbocycles. The van der Waals surface area contributed by atoms with Gasteiger partial charge in [0.2, 0.25) is 0 Å². The molecule has 120 valence electrons. The molecule has 1 N–H and O–H groups in total. The number of carbonyl (C=O) groups is 1. The standard InChI is InChI=1S/C18H21N3O2/c22-18(21-9-1-3-14-8-12-23-13-14)16-6-4-15(5-7-16)17-19-10-2-11-20-17/h2,4-7,10-11,14H,1,3,8-9,12-13H2,(H,21,22). The van der Waals surface area contributed by atoms with E-state index in [1.54, 1.807) is 18.5 Å². The van der Waals surface area contributed by atoms with Crippen molar-refractivity contribution in [3.05, 3.63) is 48.3 Å². The SMILES string of the molecule is O=C(NCCCC1CCOC1)c1ccc(-c2ncccn2)cc1. The second-order valence-electron chi connectivity index (χ2n) is 5.78. The number of hydrogen-bond donors (Lipinski definition) is 1. The van der Waals surface area contributed by atoms with Crippen molar-refractivity contribution in [1.29, 1.82) is 0 Å². The summed E-state index contributed by atoms with van der Waals surface area (Å²) in [6.45, 7) is 2.46. The normalized spacial score (nSPS) is 17.1. The number of aromatic nitrogens is 2. The Hall–Kier alpha value is -2.27. The quantitative estimate of drug-likeness (QED) is 0.833. The maximum Gasteiger partial charge on any atom is 0.251 e. The summed E-state index contributed by atoms with van der Waals surface area (Å²) in [5.74, 6) is 1.29. The minimum absolute atomic E-state index is 0.0341. The third-order valence-electron chi connectivity index (χ3n) is 4.07. The molecule has 0 spiro atoms. The van der Waals surface area contributed by atoms with Crippen LogP contribution in [0.4, 0.5) is 0 Å². The van der Waals surface area contributed by atoms with Crippen LogP contribution in [-0.2, 0) is 4.74 Å². The van der Waals surface area contributed by atoms with Crippen LogP contribution in [0.1, 0.15) is 29.6 Å². The van der Waals surface area contributed by atoms with Crippen molar-refractivity contribution < 1.29 is 9.53 Å². The highest BCUT2D eigenvalue weighted by atomic mass is 16.5. The molecule has 1 saturated heterocycles. The van der Waals surface area contributed by atoms with E-state index in [9.17, 15) is 4.79 Å². The molecule has 1 aromatic heterocycles. The first-order chi connectivity index (χ1) is 11.3. The summed E-state index contributed by atoms with van der Waals surface area (Å²) in [6.07, 6.45) is 6.67. The molecule has 1 atom stereocenters. The molecule has 5 heteroatoms. The Morgan fingerprint density at radius 1 is 1.22 bits per heavy atom. The minimum atomic E-state index is -0.0341. The summed E-state index contributed by atoms with van der Waals surface area (Å²) in [6, 6.07) is 9.15. The number of rotatable bonds is 6. The molecule has 0 saturated carbocycles. The van der Waals surface area contributed by atoms with E-state index >= 15 is 0 Å². The summed E-state index contributed by atoms with van der Waals surface area (Å²) in [4.78, 5) is 20.5. The van der Waals surface area contributed by atoms with Crippen LogP contribution in [0.5, 0.6) is 0 Å². The highest BCUT2D eigenvalue weighted by Gasteiger charge is 2.15. The molecule has 0 bridgehead atoms. The first-order valence-electron chi connectivity index (χ1n) is 8.06. The van der Waals surface area contributed by atoms with Crippen molar-refractivity contribution in [2.24, 2.45) is 5.92 Å². The van der Waals surface area contributed by atoms with Crippen molar-refractivity contribution in [2.75, 3.05) is 19.8 Å². The van der Waals surface area contributed by atoms with Crippen LogP contribution in [0, 0.1) is 5.92 Å². The first kappa shape index (κ1) is 15.6. The molecule has 23 heavy (non-hydrogen) atoms. The topological polar surface area (TPSA) is 64.1 Å². The maximum absolute atomic E-state index is 12.1.